The Hall–Kier alpha value is -2.48. The van der Waals surface area contributed by atoms with Crippen LogP contribution in [0.2, 0.25) is 0 Å². The number of carbonyl (C=O) groups is 2. The number of aromatic nitrogens is 2. The maximum Gasteiger partial charge on any atom is 0.316 e. The van der Waals surface area contributed by atoms with E-state index in [-0.39, 0.29) is 11.2 Å². The van der Waals surface area contributed by atoms with Crippen LogP contribution in [0.4, 0.5) is 5.69 Å². The lowest BCUT2D eigenvalue weighted by atomic mass is 10.3. The van der Waals surface area contributed by atoms with Crippen molar-refractivity contribution in [3.8, 4) is 5.69 Å². The van der Waals surface area contributed by atoms with Gasteiger partial charge in [0.15, 0.2) is 0 Å². The molecule has 1 heterocycles. The number of thioether (sulfide) groups is 1. The second-order valence-electron chi connectivity index (χ2n) is 5.68. The minimum Gasteiger partial charge on any atom is -0.480 e. The predicted octanol–water partition coefficient (Wildman–Crippen LogP) is 2.02. The van der Waals surface area contributed by atoms with Crippen LogP contribution >= 0.6 is 11.8 Å². The standard InChI is InChI=1S/C17H21N3O4S/c1-10-14(18-15(21)11(2)25-12(3)17(23)24)16(22)20(19(10)4)13-8-6-5-7-9-13/h5-9,11-12H,1-4H3,(H,18,21)(H,23,24)/t11-,12+/m1/s1. The van der Waals surface area contributed by atoms with Crippen LogP contribution in [-0.2, 0) is 16.6 Å². The van der Waals surface area contributed by atoms with Crippen LogP contribution in [0.25, 0.3) is 5.69 Å². The van der Waals surface area contributed by atoms with E-state index >= 15 is 0 Å². The molecule has 0 aliphatic rings. The number of benzene rings is 1. The third-order valence-corrected chi connectivity index (χ3v) is 5.16. The Balaban J connectivity index is 2.28. The third kappa shape index (κ3) is 3.96. The molecule has 2 N–H and O–H groups in total. The molecule has 0 bridgehead atoms. The number of carboxylic acid groups (broad SMARTS) is 1. The summed E-state index contributed by atoms with van der Waals surface area (Å²) < 4.78 is 3.15. The van der Waals surface area contributed by atoms with Crippen LogP contribution < -0.4 is 10.9 Å². The van der Waals surface area contributed by atoms with Crippen LogP contribution in [-0.4, -0.2) is 36.8 Å². The van der Waals surface area contributed by atoms with E-state index in [9.17, 15) is 14.4 Å². The van der Waals surface area contributed by atoms with E-state index in [1.807, 2.05) is 18.2 Å². The number of nitrogens with one attached hydrogen (secondary N) is 1. The Bertz CT molecular complexity index is 842. The van der Waals surface area contributed by atoms with Gasteiger partial charge in [0.2, 0.25) is 5.91 Å². The highest BCUT2D eigenvalue weighted by atomic mass is 32.2. The van der Waals surface area contributed by atoms with Gasteiger partial charge in [0.05, 0.1) is 16.6 Å². The summed E-state index contributed by atoms with van der Waals surface area (Å²) in [5.41, 5.74) is 1.18. The number of carboxylic acids is 1. The SMILES string of the molecule is Cc1c(NC(=O)[C@@H](C)S[C@@H](C)C(=O)O)c(=O)n(-c2ccccc2)n1C. The van der Waals surface area contributed by atoms with E-state index in [4.69, 9.17) is 5.11 Å². The van der Waals surface area contributed by atoms with Gasteiger partial charge in [0.25, 0.3) is 5.56 Å². The highest BCUT2D eigenvalue weighted by Gasteiger charge is 2.24. The molecule has 0 spiro atoms. The van der Waals surface area contributed by atoms with Gasteiger partial charge < -0.3 is 10.4 Å². The largest absolute Gasteiger partial charge is 0.480 e. The number of para-hydroxylation sites is 1. The molecule has 0 aliphatic heterocycles. The van der Waals surface area contributed by atoms with Crippen molar-refractivity contribution >= 4 is 29.3 Å². The second-order valence-corrected chi connectivity index (χ2v) is 7.37. The average molecular weight is 363 g/mol. The van der Waals surface area contributed by atoms with Crippen molar-refractivity contribution < 1.29 is 14.7 Å². The molecule has 0 unspecified atom stereocenters. The molecule has 134 valence electrons. The van der Waals surface area contributed by atoms with Crippen molar-refractivity contribution in [3.63, 3.8) is 0 Å². The summed E-state index contributed by atoms with van der Waals surface area (Å²) in [4.78, 5) is 36.0. The maximum atomic E-state index is 12.7. The Morgan fingerprint density at radius 1 is 1.16 bits per heavy atom. The van der Waals surface area contributed by atoms with Gasteiger partial charge in [-0.15, -0.1) is 11.8 Å². The van der Waals surface area contributed by atoms with Gasteiger partial charge in [-0.2, -0.15) is 0 Å². The molecule has 8 heteroatoms. The molecule has 1 amide bonds. The first-order valence-corrected chi connectivity index (χ1v) is 8.71. The molecule has 0 radical (unpaired) electrons. The van der Waals surface area contributed by atoms with Crippen LogP contribution in [0.5, 0.6) is 0 Å². The van der Waals surface area contributed by atoms with Gasteiger partial charge in [-0.25, -0.2) is 4.68 Å². The fourth-order valence-corrected chi connectivity index (χ4v) is 3.27. The zero-order valence-corrected chi connectivity index (χ0v) is 15.3. The quantitative estimate of drug-likeness (QED) is 0.819. The molecular formula is C17H21N3O4S. The first-order chi connectivity index (χ1) is 11.7. The molecule has 2 rings (SSSR count). The Labute approximate surface area is 149 Å². The summed E-state index contributed by atoms with van der Waals surface area (Å²) in [6, 6.07) is 9.12. The van der Waals surface area contributed by atoms with Gasteiger partial charge >= 0.3 is 5.97 Å². The van der Waals surface area contributed by atoms with Crippen molar-refractivity contribution in [1.82, 2.24) is 9.36 Å². The minimum atomic E-state index is -0.980. The number of nitrogens with zero attached hydrogens (tertiary/aromatic N) is 2. The van der Waals surface area contributed by atoms with E-state index in [0.717, 1.165) is 11.8 Å². The normalized spacial score (nSPS) is 13.3. The smallest absolute Gasteiger partial charge is 0.316 e. The molecule has 7 nitrogen and oxygen atoms in total. The molecule has 25 heavy (non-hydrogen) atoms. The van der Waals surface area contributed by atoms with Gasteiger partial charge in [0.1, 0.15) is 10.9 Å². The van der Waals surface area contributed by atoms with Crippen LogP contribution in [0.15, 0.2) is 35.1 Å². The van der Waals surface area contributed by atoms with Gasteiger partial charge in [-0.3, -0.25) is 19.1 Å². The molecule has 1 aromatic carbocycles. The minimum absolute atomic E-state index is 0.201. The lowest BCUT2D eigenvalue weighted by Crippen LogP contribution is -2.29. The Morgan fingerprint density at radius 3 is 2.32 bits per heavy atom. The summed E-state index contributed by atoms with van der Waals surface area (Å²) in [6.45, 7) is 4.88. The first kappa shape index (κ1) is 18.9. The fraction of sp³-hybridized carbons (Fsp3) is 0.353. The van der Waals surface area contributed by atoms with Gasteiger partial charge in [0, 0.05) is 7.05 Å². The molecule has 1 aromatic heterocycles. The zero-order chi connectivity index (χ0) is 18.7. The van der Waals surface area contributed by atoms with Crippen molar-refractivity contribution in [2.45, 2.75) is 31.3 Å². The number of carbonyl (C=O) groups excluding carboxylic acids is 1. The lowest BCUT2D eigenvalue weighted by molar-refractivity contribution is -0.136. The average Bonchev–Trinajstić information content (AvgIpc) is 2.78. The van der Waals surface area contributed by atoms with Crippen molar-refractivity contribution in [1.29, 1.82) is 0 Å². The summed E-state index contributed by atoms with van der Waals surface area (Å²) in [7, 11) is 1.74. The first-order valence-electron chi connectivity index (χ1n) is 7.77. The molecule has 0 aliphatic carbocycles. The van der Waals surface area contributed by atoms with Crippen LogP contribution in [0.1, 0.15) is 19.5 Å². The van der Waals surface area contributed by atoms with E-state index in [2.05, 4.69) is 5.32 Å². The predicted molar refractivity (Wildman–Crippen MR) is 98.5 cm³/mol. The van der Waals surface area contributed by atoms with E-state index < -0.39 is 22.4 Å². The van der Waals surface area contributed by atoms with Crippen molar-refractivity contribution in [2.75, 3.05) is 5.32 Å². The topological polar surface area (TPSA) is 93.3 Å². The van der Waals surface area contributed by atoms with E-state index in [0.29, 0.717) is 11.4 Å². The van der Waals surface area contributed by atoms with Crippen molar-refractivity contribution in [2.24, 2.45) is 7.05 Å². The van der Waals surface area contributed by atoms with Gasteiger partial charge in [-0.1, -0.05) is 18.2 Å². The number of hydrogen-bond acceptors (Lipinski definition) is 4. The Kier molecular flexibility index (Phi) is 5.73. The summed E-state index contributed by atoms with van der Waals surface area (Å²) >= 11 is 1.03. The third-order valence-electron chi connectivity index (χ3n) is 3.93. The Morgan fingerprint density at radius 2 is 1.76 bits per heavy atom. The number of anilines is 1. The fourth-order valence-electron chi connectivity index (χ4n) is 2.36. The summed E-state index contributed by atoms with van der Waals surface area (Å²) in [5.74, 6) is -1.38. The van der Waals surface area contributed by atoms with Crippen molar-refractivity contribution in [3.05, 3.63) is 46.4 Å². The lowest BCUT2D eigenvalue weighted by Gasteiger charge is -2.13. The summed E-state index contributed by atoms with van der Waals surface area (Å²) in [6.07, 6.45) is 0. The number of hydrogen-bond donors (Lipinski definition) is 2. The number of aliphatic carboxylic acids is 1. The van der Waals surface area contributed by atoms with E-state index in [1.54, 1.807) is 37.7 Å². The number of rotatable bonds is 6. The van der Waals surface area contributed by atoms with E-state index in [1.165, 1.54) is 11.6 Å². The van der Waals surface area contributed by atoms with Gasteiger partial charge in [-0.05, 0) is 32.9 Å². The monoisotopic (exact) mass is 363 g/mol. The molecule has 0 fully saturated rings. The number of amides is 1. The zero-order valence-electron chi connectivity index (χ0n) is 14.5. The second kappa shape index (κ2) is 7.60. The molecule has 2 atom stereocenters. The van der Waals surface area contributed by atoms with Crippen LogP contribution in [0, 0.1) is 6.92 Å². The molecule has 0 saturated carbocycles. The molecular weight excluding hydrogens is 342 g/mol. The summed E-state index contributed by atoms with van der Waals surface area (Å²) in [5, 5.41) is 10.3. The molecule has 2 aromatic rings. The highest BCUT2D eigenvalue weighted by Crippen LogP contribution is 2.20. The maximum absolute atomic E-state index is 12.7. The van der Waals surface area contributed by atoms with Crippen LogP contribution in [0.3, 0.4) is 0 Å². The molecule has 0 saturated heterocycles. The highest BCUT2D eigenvalue weighted by molar-refractivity contribution is 8.01.